The first-order valence-corrected chi connectivity index (χ1v) is 7.71. The highest BCUT2D eigenvalue weighted by atomic mass is 14.6. The van der Waals surface area contributed by atoms with Crippen molar-refractivity contribution in [2.24, 2.45) is 11.7 Å². The van der Waals surface area contributed by atoms with E-state index in [1.807, 2.05) is 6.08 Å². The van der Waals surface area contributed by atoms with Crippen LogP contribution >= 0.6 is 0 Å². The molecule has 0 heterocycles. The van der Waals surface area contributed by atoms with Gasteiger partial charge in [0.25, 0.3) is 0 Å². The normalized spacial score (nSPS) is 20.5. The van der Waals surface area contributed by atoms with E-state index in [4.69, 9.17) is 5.73 Å². The van der Waals surface area contributed by atoms with Gasteiger partial charge in [-0.05, 0) is 38.0 Å². The fourth-order valence-corrected chi connectivity index (χ4v) is 3.00. The minimum Gasteiger partial charge on any atom is -0.327 e. The van der Waals surface area contributed by atoms with Gasteiger partial charge in [0.1, 0.15) is 0 Å². The van der Waals surface area contributed by atoms with E-state index in [2.05, 4.69) is 6.58 Å². The van der Waals surface area contributed by atoms with Gasteiger partial charge in [0.05, 0.1) is 0 Å². The van der Waals surface area contributed by atoms with Crippen LogP contribution in [0, 0.1) is 5.92 Å². The summed E-state index contributed by atoms with van der Waals surface area (Å²) in [6.45, 7) is 3.76. The largest absolute Gasteiger partial charge is 0.327 e. The molecular formula is C16H31N. The first-order chi connectivity index (χ1) is 8.34. The van der Waals surface area contributed by atoms with E-state index in [1.165, 1.54) is 77.0 Å². The fraction of sp³-hybridized carbons (Fsp3) is 0.875. The summed E-state index contributed by atoms with van der Waals surface area (Å²) in [5.41, 5.74) is 6.36. The fourth-order valence-electron chi connectivity index (χ4n) is 3.00. The maximum Gasteiger partial charge on any atom is 0.00671 e. The van der Waals surface area contributed by atoms with E-state index in [-0.39, 0.29) is 0 Å². The zero-order valence-electron chi connectivity index (χ0n) is 11.5. The molecule has 1 aliphatic rings. The highest BCUT2D eigenvalue weighted by molar-refractivity contribution is 4.75. The lowest BCUT2D eigenvalue weighted by Gasteiger charge is -2.25. The Morgan fingerprint density at radius 3 is 2.29 bits per heavy atom. The molecule has 0 bridgehead atoms. The van der Waals surface area contributed by atoms with Crippen LogP contribution in [-0.2, 0) is 0 Å². The molecule has 0 aromatic heterocycles. The van der Waals surface area contributed by atoms with Crippen LogP contribution in [0.15, 0.2) is 12.7 Å². The van der Waals surface area contributed by atoms with Crippen LogP contribution in [0.25, 0.3) is 0 Å². The van der Waals surface area contributed by atoms with Crippen molar-refractivity contribution in [3.63, 3.8) is 0 Å². The summed E-state index contributed by atoms with van der Waals surface area (Å²) in [6.07, 6.45) is 18.3. The summed E-state index contributed by atoms with van der Waals surface area (Å²) in [7, 11) is 0. The summed E-state index contributed by atoms with van der Waals surface area (Å²) < 4.78 is 0. The summed E-state index contributed by atoms with van der Waals surface area (Å²) in [4.78, 5) is 0. The van der Waals surface area contributed by atoms with Crippen molar-refractivity contribution >= 4 is 0 Å². The molecule has 0 aromatic rings. The van der Waals surface area contributed by atoms with E-state index < -0.39 is 0 Å². The Labute approximate surface area is 108 Å². The van der Waals surface area contributed by atoms with Gasteiger partial charge in [-0.2, -0.15) is 0 Å². The van der Waals surface area contributed by atoms with E-state index in [0.717, 1.165) is 5.92 Å². The topological polar surface area (TPSA) is 26.0 Å². The van der Waals surface area contributed by atoms with Crippen molar-refractivity contribution in [1.82, 2.24) is 0 Å². The number of hydrogen-bond acceptors (Lipinski definition) is 1. The Balaban J connectivity index is 2.11. The number of rotatable bonds is 7. The van der Waals surface area contributed by atoms with Crippen molar-refractivity contribution in [2.45, 2.75) is 83.1 Å². The quantitative estimate of drug-likeness (QED) is 0.499. The molecule has 1 heteroatoms. The molecule has 0 aliphatic heterocycles. The lowest BCUT2D eigenvalue weighted by Crippen LogP contribution is -2.30. The number of allylic oxidation sites excluding steroid dienone is 1. The SMILES string of the molecule is C=CCCCCCC(N)C1CCCCCCC1. The van der Waals surface area contributed by atoms with Gasteiger partial charge in [0.2, 0.25) is 0 Å². The van der Waals surface area contributed by atoms with E-state index >= 15 is 0 Å². The predicted molar refractivity (Wildman–Crippen MR) is 77.1 cm³/mol. The lowest BCUT2D eigenvalue weighted by atomic mass is 9.84. The molecule has 1 atom stereocenters. The van der Waals surface area contributed by atoms with E-state index in [1.54, 1.807) is 0 Å². The van der Waals surface area contributed by atoms with Crippen molar-refractivity contribution in [3.05, 3.63) is 12.7 Å². The van der Waals surface area contributed by atoms with Crippen LogP contribution < -0.4 is 5.73 Å². The van der Waals surface area contributed by atoms with Crippen molar-refractivity contribution in [3.8, 4) is 0 Å². The molecule has 1 aliphatic carbocycles. The average molecular weight is 237 g/mol. The molecule has 0 saturated heterocycles. The second-order valence-electron chi connectivity index (χ2n) is 5.70. The third-order valence-electron chi connectivity index (χ3n) is 4.20. The summed E-state index contributed by atoms with van der Waals surface area (Å²) in [5, 5.41) is 0. The molecular weight excluding hydrogens is 206 g/mol. The van der Waals surface area contributed by atoms with Crippen LogP contribution in [0.4, 0.5) is 0 Å². The molecule has 1 nitrogen and oxygen atoms in total. The average Bonchev–Trinajstić information content (AvgIpc) is 2.28. The van der Waals surface area contributed by atoms with E-state index in [0.29, 0.717) is 6.04 Å². The Morgan fingerprint density at radius 2 is 1.65 bits per heavy atom. The van der Waals surface area contributed by atoms with Crippen LogP contribution in [0.3, 0.4) is 0 Å². The van der Waals surface area contributed by atoms with Gasteiger partial charge in [-0.15, -0.1) is 6.58 Å². The zero-order chi connectivity index (χ0) is 12.3. The second-order valence-corrected chi connectivity index (χ2v) is 5.70. The van der Waals surface area contributed by atoms with Gasteiger partial charge >= 0.3 is 0 Å². The molecule has 1 unspecified atom stereocenters. The van der Waals surface area contributed by atoms with Crippen LogP contribution in [0.5, 0.6) is 0 Å². The number of hydrogen-bond donors (Lipinski definition) is 1. The molecule has 0 radical (unpaired) electrons. The Hall–Kier alpha value is -0.300. The first-order valence-electron chi connectivity index (χ1n) is 7.71. The highest BCUT2D eigenvalue weighted by Crippen LogP contribution is 2.26. The molecule has 0 amide bonds. The van der Waals surface area contributed by atoms with Crippen LogP contribution in [0.1, 0.15) is 77.0 Å². The molecule has 100 valence electrons. The lowest BCUT2D eigenvalue weighted by molar-refractivity contribution is 0.308. The molecule has 1 saturated carbocycles. The predicted octanol–water partition coefficient (Wildman–Crippen LogP) is 4.81. The molecule has 0 aromatic carbocycles. The Morgan fingerprint density at radius 1 is 1.00 bits per heavy atom. The van der Waals surface area contributed by atoms with Crippen LogP contribution in [0.2, 0.25) is 0 Å². The summed E-state index contributed by atoms with van der Waals surface area (Å²) >= 11 is 0. The second kappa shape index (κ2) is 9.70. The summed E-state index contributed by atoms with van der Waals surface area (Å²) in [6, 6.07) is 0.469. The number of nitrogens with two attached hydrogens (primary N) is 1. The first kappa shape index (κ1) is 14.8. The maximum absolute atomic E-state index is 6.36. The minimum atomic E-state index is 0.469. The van der Waals surface area contributed by atoms with Gasteiger partial charge in [-0.1, -0.05) is 51.0 Å². The Bertz CT molecular complexity index is 180. The van der Waals surface area contributed by atoms with Gasteiger partial charge in [-0.25, -0.2) is 0 Å². The third kappa shape index (κ3) is 6.88. The van der Waals surface area contributed by atoms with E-state index in [9.17, 15) is 0 Å². The van der Waals surface area contributed by atoms with Crippen molar-refractivity contribution in [2.75, 3.05) is 0 Å². The molecule has 2 N–H and O–H groups in total. The maximum atomic E-state index is 6.36. The van der Waals surface area contributed by atoms with Gasteiger partial charge in [-0.3, -0.25) is 0 Å². The van der Waals surface area contributed by atoms with Gasteiger partial charge in [0, 0.05) is 6.04 Å². The molecule has 1 fully saturated rings. The molecule has 1 rings (SSSR count). The number of unbranched alkanes of at least 4 members (excludes halogenated alkanes) is 3. The standard InChI is InChI=1S/C16H31N/c1-2-3-4-6-11-14-16(17)15-12-9-7-5-8-10-13-15/h2,15-16H,1,3-14,17H2. The molecule has 17 heavy (non-hydrogen) atoms. The van der Waals surface area contributed by atoms with Gasteiger partial charge in [0.15, 0.2) is 0 Å². The molecule has 0 spiro atoms. The smallest absolute Gasteiger partial charge is 0.00671 e. The summed E-state index contributed by atoms with van der Waals surface area (Å²) in [5.74, 6) is 0.815. The van der Waals surface area contributed by atoms with Crippen LogP contribution in [-0.4, -0.2) is 6.04 Å². The highest BCUT2D eigenvalue weighted by Gasteiger charge is 2.18. The van der Waals surface area contributed by atoms with Gasteiger partial charge < -0.3 is 5.73 Å². The minimum absolute atomic E-state index is 0.469. The third-order valence-corrected chi connectivity index (χ3v) is 4.20. The zero-order valence-corrected chi connectivity index (χ0v) is 11.5. The van der Waals surface area contributed by atoms with Crippen molar-refractivity contribution < 1.29 is 0 Å². The van der Waals surface area contributed by atoms with Crippen molar-refractivity contribution in [1.29, 1.82) is 0 Å². The Kier molecular flexibility index (Phi) is 8.42. The monoisotopic (exact) mass is 237 g/mol.